The van der Waals surface area contributed by atoms with Crippen molar-refractivity contribution in [2.75, 3.05) is 17.3 Å². The van der Waals surface area contributed by atoms with E-state index in [0.29, 0.717) is 17.0 Å². The summed E-state index contributed by atoms with van der Waals surface area (Å²) >= 11 is 0. The number of amides is 1. The number of ketones is 2. The molecule has 38 heavy (non-hydrogen) atoms. The normalized spacial score (nSPS) is 25.0. The fourth-order valence-corrected chi connectivity index (χ4v) is 6.50. The van der Waals surface area contributed by atoms with Crippen LogP contribution in [0.25, 0.3) is 6.08 Å². The molecule has 3 aromatic carbocycles. The topological polar surface area (TPSA) is 75.7 Å². The van der Waals surface area contributed by atoms with E-state index in [1.165, 1.54) is 0 Å². The highest BCUT2D eigenvalue weighted by Crippen LogP contribution is 2.58. The largest absolute Gasteiger partial charge is 0.497 e. The highest BCUT2D eigenvalue weighted by molar-refractivity contribution is 6.17. The van der Waals surface area contributed by atoms with Crippen molar-refractivity contribution in [2.45, 2.75) is 38.3 Å². The van der Waals surface area contributed by atoms with Crippen LogP contribution in [-0.4, -0.2) is 36.7 Å². The van der Waals surface area contributed by atoms with Gasteiger partial charge < -0.3 is 15.0 Å². The molecule has 192 valence electrons. The van der Waals surface area contributed by atoms with Crippen LogP contribution in [0.1, 0.15) is 42.3 Å². The Morgan fingerprint density at radius 1 is 0.947 bits per heavy atom. The van der Waals surface area contributed by atoms with Crippen molar-refractivity contribution >= 4 is 34.9 Å². The maximum Gasteiger partial charge on any atom is 0.238 e. The first kappa shape index (κ1) is 24.2. The molecule has 3 aromatic rings. The number of hydrogen-bond donors (Lipinski definition) is 1. The average Bonchev–Trinajstić information content (AvgIpc) is 3.40. The molecule has 3 heterocycles. The second kappa shape index (κ2) is 8.42. The quantitative estimate of drug-likeness (QED) is 0.487. The van der Waals surface area contributed by atoms with Crippen LogP contribution in [0.3, 0.4) is 0 Å². The number of benzene rings is 3. The molecule has 6 heteroatoms. The first-order chi connectivity index (χ1) is 18.2. The maximum atomic E-state index is 14.6. The molecule has 0 saturated carbocycles. The third kappa shape index (κ3) is 3.22. The predicted molar refractivity (Wildman–Crippen MR) is 148 cm³/mol. The van der Waals surface area contributed by atoms with E-state index in [0.717, 1.165) is 16.8 Å². The molecule has 6 rings (SSSR count). The summed E-state index contributed by atoms with van der Waals surface area (Å²) in [5.74, 6) is -0.889. The summed E-state index contributed by atoms with van der Waals surface area (Å²) in [5.41, 5.74) is 1.64. The minimum atomic E-state index is -1.29. The summed E-state index contributed by atoms with van der Waals surface area (Å²) in [5, 5.41) is 3.06. The number of methoxy groups -OCH3 is 1. The van der Waals surface area contributed by atoms with Crippen LogP contribution in [0.2, 0.25) is 0 Å². The Morgan fingerprint density at radius 2 is 1.63 bits per heavy atom. The van der Waals surface area contributed by atoms with Gasteiger partial charge in [0.15, 0.2) is 11.6 Å². The molecule has 0 bridgehead atoms. The van der Waals surface area contributed by atoms with E-state index in [1.807, 2.05) is 86.4 Å². The van der Waals surface area contributed by atoms with Gasteiger partial charge in [0.2, 0.25) is 5.91 Å². The average molecular weight is 507 g/mol. The van der Waals surface area contributed by atoms with E-state index in [-0.39, 0.29) is 17.5 Å². The lowest BCUT2D eigenvalue weighted by Gasteiger charge is -2.38. The van der Waals surface area contributed by atoms with Gasteiger partial charge in [0.05, 0.1) is 19.1 Å². The fourth-order valence-electron chi connectivity index (χ4n) is 6.50. The molecule has 3 aliphatic rings. The summed E-state index contributed by atoms with van der Waals surface area (Å²) in [7, 11) is 1.57. The Kier molecular flexibility index (Phi) is 5.35. The lowest BCUT2D eigenvalue weighted by atomic mass is 9.63. The minimum Gasteiger partial charge on any atom is -0.497 e. The van der Waals surface area contributed by atoms with E-state index >= 15 is 0 Å². The van der Waals surface area contributed by atoms with E-state index in [2.05, 4.69) is 5.32 Å². The molecule has 3 aliphatic heterocycles. The number of rotatable bonds is 4. The van der Waals surface area contributed by atoms with Gasteiger partial charge in [0.1, 0.15) is 17.2 Å². The minimum absolute atomic E-state index is 0.0754. The van der Waals surface area contributed by atoms with Crippen LogP contribution in [0, 0.1) is 11.3 Å². The molecule has 1 amide bonds. The van der Waals surface area contributed by atoms with Gasteiger partial charge in [0.25, 0.3) is 0 Å². The Morgan fingerprint density at radius 3 is 2.34 bits per heavy atom. The van der Waals surface area contributed by atoms with Crippen molar-refractivity contribution < 1.29 is 19.1 Å². The summed E-state index contributed by atoms with van der Waals surface area (Å²) in [6.07, 6.45) is 4.00. The standard InChI is InChI=1S/C32H30N2O4/c1-31(2,3)29(36)27-26(28(35)20-13-16-21(38-4)17-14-20)32(22-10-6-7-11-23(22)33-30(32)37)25-18-15-19-9-5-8-12-24(19)34(25)27/h5-18,25-27H,1-4H3,(H,33,37)/t25-,26-,27+,32-/m0/s1. The van der Waals surface area contributed by atoms with Crippen molar-refractivity contribution in [3.63, 3.8) is 0 Å². The van der Waals surface area contributed by atoms with Gasteiger partial charge in [-0.15, -0.1) is 0 Å². The second-order valence-electron chi connectivity index (χ2n) is 11.3. The van der Waals surface area contributed by atoms with Crippen molar-refractivity contribution in [3.05, 3.63) is 95.6 Å². The number of carbonyl (C=O) groups excluding carboxylic acids is 3. The predicted octanol–water partition coefficient (Wildman–Crippen LogP) is 5.28. The SMILES string of the molecule is COc1ccc(C(=O)[C@@H]2[C@H](C(=O)C(C)(C)C)N3c4ccccc4C=C[C@H]3[C@]23C(=O)Nc2ccccc23)cc1. The van der Waals surface area contributed by atoms with E-state index in [4.69, 9.17) is 4.74 Å². The number of Topliss-reactive ketones (excluding diaryl/α,β-unsaturated/α-hetero) is 2. The molecule has 1 N–H and O–H groups in total. The van der Waals surface area contributed by atoms with Crippen LogP contribution in [0.15, 0.2) is 78.9 Å². The molecule has 0 aromatic heterocycles. The van der Waals surface area contributed by atoms with Crippen molar-refractivity contribution in [1.29, 1.82) is 0 Å². The highest BCUT2D eigenvalue weighted by atomic mass is 16.5. The number of para-hydroxylation sites is 2. The third-order valence-electron chi connectivity index (χ3n) is 8.21. The van der Waals surface area contributed by atoms with Crippen LogP contribution in [-0.2, 0) is 15.0 Å². The zero-order valence-electron chi connectivity index (χ0n) is 21.9. The summed E-state index contributed by atoms with van der Waals surface area (Å²) < 4.78 is 5.30. The van der Waals surface area contributed by atoms with Crippen LogP contribution in [0.4, 0.5) is 11.4 Å². The number of fused-ring (bicyclic) bond motifs is 6. The maximum absolute atomic E-state index is 14.6. The summed E-state index contributed by atoms with van der Waals surface area (Å²) in [4.78, 5) is 45.3. The zero-order valence-corrected chi connectivity index (χ0v) is 21.9. The van der Waals surface area contributed by atoms with Gasteiger partial charge in [-0.25, -0.2) is 0 Å². The number of carbonyl (C=O) groups is 3. The molecule has 6 nitrogen and oxygen atoms in total. The lowest BCUT2D eigenvalue weighted by Crippen LogP contribution is -2.51. The van der Waals surface area contributed by atoms with Crippen molar-refractivity contribution in [2.24, 2.45) is 11.3 Å². The van der Waals surface area contributed by atoms with Gasteiger partial charge in [0, 0.05) is 22.4 Å². The third-order valence-corrected chi connectivity index (χ3v) is 8.21. The molecule has 4 atom stereocenters. The number of ether oxygens (including phenoxy) is 1. The lowest BCUT2D eigenvalue weighted by molar-refractivity contribution is -0.128. The number of nitrogens with zero attached hydrogens (tertiary/aromatic N) is 1. The monoisotopic (exact) mass is 506 g/mol. The summed E-state index contributed by atoms with van der Waals surface area (Å²) in [6.45, 7) is 5.62. The number of hydrogen-bond acceptors (Lipinski definition) is 5. The Labute approximate surface area is 222 Å². The van der Waals surface area contributed by atoms with Crippen LogP contribution in [0.5, 0.6) is 5.75 Å². The molecule has 1 saturated heterocycles. The van der Waals surface area contributed by atoms with Gasteiger partial charge in [-0.2, -0.15) is 0 Å². The fraction of sp³-hybridized carbons (Fsp3) is 0.281. The van der Waals surface area contributed by atoms with E-state index in [1.54, 1.807) is 31.4 Å². The van der Waals surface area contributed by atoms with E-state index in [9.17, 15) is 14.4 Å². The first-order valence-corrected chi connectivity index (χ1v) is 12.9. The molecule has 0 unspecified atom stereocenters. The zero-order chi connectivity index (χ0) is 26.8. The van der Waals surface area contributed by atoms with E-state index < -0.39 is 28.8 Å². The molecular formula is C32H30N2O4. The van der Waals surface area contributed by atoms with Crippen molar-refractivity contribution in [3.8, 4) is 5.75 Å². The number of nitrogens with one attached hydrogen (secondary N) is 1. The van der Waals surface area contributed by atoms with Crippen LogP contribution < -0.4 is 15.0 Å². The second-order valence-corrected chi connectivity index (χ2v) is 11.3. The number of anilines is 2. The van der Waals surface area contributed by atoms with Crippen LogP contribution >= 0.6 is 0 Å². The van der Waals surface area contributed by atoms with Crippen molar-refractivity contribution in [1.82, 2.24) is 0 Å². The first-order valence-electron chi connectivity index (χ1n) is 12.9. The van der Waals surface area contributed by atoms with Gasteiger partial charge >= 0.3 is 0 Å². The molecule has 1 fully saturated rings. The van der Waals surface area contributed by atoms with Gasteiger partial charge in [-0.05, 0) is 47.5 Å². The Bertz CT molecular complexity index is 1500. The Hall–Kier alpha value is -4.19. The smallest absolute Gasteiger partial charge is 0.238 e. The molecular weight excluding hydrogens is 476 g/mol. The molecule has 1 spiro atoms. The van der Waals surface area contributed by atoms with Gasteiger partial charge in [-0.3, -0.25) is 14.4 Å². The molecule has 0 aliphatic carbocycles. The summed E-state index contributed by atoms with van der Waals surface area (Å²) in [6, 6.07) is 20.9. The Balaban J connectivity index is 1.66. The molecule has 0 radical (unpaired) electrons. The van der Waals surface area contributed by atoms with Gasteiger partial charge in [-0.1, -0.05) is 69.3 Å². The highest BCUT2D eigenvalue weighted by Gasteiger charge is 2.70.